The van der Waals surface area contributed by atoms with Gasteiger partial charge in [0, 0.05) is 31.9 Å². The number of likely N-dealkylation sites (N-methyl/N-ethyl adjacent to an activating group) is 1. The fourth-order valence-corrected chi connectivity index (χ4v) is 2.60. The highest BCUT2D eigenvalue weighted by Gasteiger charge is 2.31. The van der Waals surface area contributed by atoms with Gasteiger partial charge >= 0.3 is 6.03 Å². The van der Waals surface area contributed by atoms with E-state index in [0.29, 0.717) is 19.0 Å². The Morgan fingerprint density at radius 1 is 1.68 bits per heavy atom. The summed E-state index contributed by atoms with van der Waals surface area (Å²) in [7, 11) is 1.72. The second kappa shape index (κ2) is 6.34. The summed E-state index contributed by atoms with van der Waals surface area (Å²) < 4.78 is 0. The zero-order valence-corrected chi connectivity index (χ0v) is 12.2. The summed E-state index contributed by atoms with van der Waals surface area (Å²) in [5.41, 5.74) is 1.02. The molecule has 0 aromatic carbocycles. The lowest BCUT2D eigenvalue weighted by molar-refractivity contribution is 0.113. The van der Waals surface area contributed by atoms with Gasteiger partial charge in [-0.1, -0.05) is 0 Å². The predicted molar refractivity (Wildman–Crippen MR) is 75.3 cm³/mol. The molecule has 2 amide bonds. The lowest BCUT2D eigenvalue weighted by atomic mass is 10.2. The minimum absolute atomic E-state index is 0.133. The van der Waals surface area contributed by atoms with E-state index in [1.54, 1.807) is 23.3 Å². The van der Waals surface area contributed by atoms with Crippen molar-refractivity contribution in [2.75, 3.05) is 20.1 Å². The molecule has 1 unspecified atom stereocenters. The molecule has 1 aromatic rings. The summed E-state index contributed by atoms with van der Waals surface area (Å²) >= 11 is 1.62. The van der Waals surface area contributed by atoms with Crippen LogP contribution >= 0.6 is 11.3 Å². The second-order valence-corrected chi connectivity index (χ2v) is 6.19. The summed E-state index contributed by atoms with van der Waals surface area (Å²) in [5, 5.41) is 15.7. The maximum atomic E-state index is 11.8. The third-order valence-electron chi connectivity index (χ3n) is 3.30. The molecule has 1 saturated carbocycles. The predicted octanol–water partition coefficient (Wildman–Crippen LogP) is 1.41. The molecule has 1 aliphatic rings. The van der Waals surface area contributed by atoms with Crippen LogP contribution in [0.25, 0.3) is 0 Å². The third-order valence-corrected chi connectivity index (χ3v) is 4.12. The Morgan fingerprint density at radius 3 is 3.00 bits per heavy atom. The van der Waals surface area contributed by atoms with E-state index < -0.39 is 0 Å². The number of amides is 2. The Kier molecular flexibility index (Phi) is 4.76. The summed E-state index contributed by atoms with van der Waals surface area (Å²) in [6.45, 7) is 2.96. The van der Waals surface area contributed by atoms with E-state index in [0.717, 1.165) is 30.0 Å². The molecule has 19 heavy (non-hydrogen) atoms. The maximum Gasteiger partial charge on any atom is 0.317 e. The first-order chi connectivity index (χ1) is 9.06. The first kappa shape index (κ1) is 14.3. The van der Waals surface area contributed by atoms with E-state index in [9.17, 15) is 9.90 Å². The van der Waals surface area contributed by atoms with E-state index in [2.05, 4.69) is 10.3 Å². The van der Waals surface area contributed by atoms with Gasteiger partial charge in [-0.25, -0.2) is 9.78 Å². The van der Waals surface area contributed by atoms with Crippen molar-refractivity contribution in [1.82, 2.24) is 15.2 Å². The number of carbonyl (C=O) groups excluding carboxylic acids is 1. The average molecular weight is 283 g/mol. The van der Waals surface area contributed by atoms with Crippen LogP contribution in [0.3, 0.4) is 0 Å². The number of hydrogen-bond acceptors (Lipinski definition) is 4. The average Bonchev–Trinajstić information content (AvgIpc) is 3.13. The Bertz CT molecular complexity index is 431. The van der Waals surface area contributed by atoms with Gasteiger partial charge in [0.25, 0.3) is 0 Å². The molecule has 6 heteroatoms. The largest absolute Gasteiger partial charge is 0.391 e. The fourth-order valence-electron chi connectivity index (χ4n) is 1.95. The molecule has 1 aliphatic carbocycles. The van der Waals surface area contributed by atoms with Crippen LogP contribution in [0.5, 0.6) is 0 Å². The van der Waals surface area contributed by atoms with Gasteiger partial charge in [0.1, 0.15) is 0 Å². The highest BCUT2D eigenvalue weighted by molar-refractivity contribution is 7.09. The molecular formula is C13H21N3O2S. The van der Waals surface area contributed by atoms with Crippen molar-refractivity contribution in [2.24, 2.45) is 5.92 Å². The first-order valence-electron chi connectivity index (χ1n) is 6.64. The molecule has 0 aliphatic heterocycles. The molecule has 2 N–H and O–H groups in total. The topological polar surface area (TPSA) is 65.5 Å². The number of rotatable bonds is 6. The number of hydrogen-bond donors (Lipinski definition) is 2. The van der Waals surface area contributed by atoms with Crippen molar-refractivity contribution < 1.29 is 9.90 Å². The fraction of sp³-hybridized carbons (Fsp3) is 0.692. The van der Waals surface area contributed by atoms with Crippen molar-refractivity contribution in [3.63, 3.8) is 0 Å². The van der Waals surface area contributed by atoms with Crippen LogP contribution in [0.15, 0.2) is 5.38 Å². The molecule has 2 rings (SSSR count). The standard InChI is InChI=1S/C13H21N3O2S/c1-9-15-11(8-19-9)5-6-14-13(18)16(2)7-12(17)10-3-4-10/h8,10,12,17H,3-7H2,1-2H3,(H,14,18). The van der Waals surface area contributed by atoms with Crippen LogP contribution in [-0.4, -0.2) is 47.3 Å². The minimum atomic E-state index is -0.378. The Labute approximate surface area is 117 Å². The number of thiazole rings is 1. The van der Waals surface area contributed by atoms with E-state index in [4.69, 9.17) is 0 Å². The quantitative estimate of drug-likeness (QED) is 0.829. The van der Waals surface area contributed by atoms with Crippen LogP contribution in [0.1, 0.15) is 23.5 Å². The Hall–Kier alpha value is -1.14. The molecule has 0 bridgehead atoms. The van der Waals surface area contributed by atoms with E-state index >= 15 is 0 Å². The number of urea groups is 1. The smallest absolute Gasteiger partial charge is 0.317 e. The number of nitrogens with one attached hydrogen (secondary N) is 1. The molecule has 1 aromatic heterocycles. The maximum absolute atomic E-state index is 11.8. The van der Waals surface area contributed by atoms with Gasteiger partial charge in [-0.2, -0.15) is 0 Å². The zero-order valence-electron chi connectivity index (χ0n) is 11.4. The molecule has 106 valence electrons. The summed E-state index contributed by atoms with van der Waals surface area (Å²) in [6, 6.07) is -0.133. The van der Waals surface area contributed by atoms with Crippen LogP contribution in [0.4, 0.5) is 4.79 Å². The van der Waals surface area contributed by atoms with E-state index in [-0.39, 0.29) is 12.1 Å². The molecular weight excluding hydrogens is 262 g/mol. The van der Waals surface area contributed by atoms with Crippen molar-refractivity contribution in [2.45, 2.75) is 32.3 Å². The van der Waals surface area contributed by atoms with Crippen LogP contribution < -0.4 is 5.32 Å². The van der Waals surface area contributed by atoms with Crippen molar-refractivity contribution in [3.8, 4) is 0 Å². The van der Waals surface area contributed by atoms with Gasteiger partial charge in [0.05, 0.1) is 16.8 Å². The summed E-state index contributed by atoms with van der Waals surface area (Å²) in [4.78, 5) is 17.7. The Morgan fingerprint density at radius 2 is 2.42 bits per heavy atom. The lowest BCUT2D eigenvalue weighted by Gasteiger charge is -2.21. The monoisotopic (exact) mass is 283 g/mol. The first-order valence-corrected chi connectivity index (χ1v) is 7.52. The zero-order chi connectivity index (χ0) is 13.8. The number of nitrogens with zero attached hydrogens (tertiary/aromatic N) is 2. The van der Waals surface area contributed by atoms with Crippen LogP contribution in [-0.2, 0) is 6.42 Å². The molecule has 1 fully saturated rings. The van der Waals surface area contributed by atoms with Gasteiger partial charge in [-0.3, -0.25) is 0 Å². The molecule has 0 radical (unpaired) electrons. The van der Waals surface area contributed by atoms with E-state index in [1.807, 2.05) is 12.3 Å². The van der Waals surface area contributed by atoms with Gasteiger partial charge in [0.15, 0.2) is 0 Å². The Balaban J connectivity index is 1.65. The van der Waals surface area contributed by atoms with Gasteiger partial charge < -0.3 is 15.3 Å². The van der Waals surface area contributed by atoms with Crippen LogP contribution in [0, 0.1) is 12.8 Å². The molecule has 5 nitrogen and oxygen atoms in total. The number of aryl methyl sites for hydroxylation is 1. The van der Waals surface area contributed by atoms with Gasteiger partial charge in [0.2, 0.25) is 0 Å². The second-order valence-electron chi connectivity index (χ2n) is 5.13. The lowest BCUT2D eigenvalue weighted by Crippen LogP contribution is -2.42. The molecule has 0 spiro atoms. The molecule has 1 heterocycles. The number of aromatic nitrogens is 1. The number of aliphatic hydroxyl groups is 1. The SMILES string of the molecule is Cc1nc(CCNC(=O)N(C)CC(O)C2CC2)cs1. The normalized spacial score (nSPS) is 16.2. The molecule has 0 saturated heterocycles. The number of carbonyl (C=O) groups is 1. The number of aliphatic hydroxyl groups excluding tert-OH is 1. The summed E-state index contributed by atoms with van der Waals surface area (Å²) in [5.74, 6) is 0.397. The van der Waals surface area contributed by atoms with Gasteiger partial charge in [-0.05, 0) is 25.7 Å². The van der Waals surface area contributed by atoms with Crippen molar-refractivity contribution >= 4 is 17.4 Å². The third kappa shape index (κ3) is 4.47. The van der Waals surface area contributed by atoms with Crippen LogP contribution in [0.2, 0.25) is 0 Å². The van der Waals surface area contributed by atoms with E-state index in [1.165, 1.54) is 0 Å². The highest BCUT2D eigenvalue weighted by atomic mass is 32.1. The summed E-state index contributed by atoms with van der Waals surface area (Å²) in [6.07, 6.45) is 2.53. The highest BCUT2D eigenvalue weighted by Crippen LogP contribution is 2.32. The van der Waals surface area contributed by atoms with Crippen molar-refractivity contribution in [3.05, 3.63) is 16.1 Å². The minimum Gasteiger partial charge on any atom is -0.391 e. The van der Waals surface area contributed by atoms with Crippen molar-refractivity contribution in [1.29, 1.82) is 0 Å². The molecule has 1 atom stereocenters. The van der Waals surface area contributed by atoms with Gasteiger partial charge in [-0.15, -0.1) is 11.3 Å².